The van der Waals surface area contributed by atoms with Crippen molar-refractivity contribution in [1.82, 2.24) is 19.6 Å². The number of aromatic nitrogens is 4. The van der Waals surface area contributed by atoms with Crippen LogP contribution in [-0.4, -0.2) is 41.2 Å². The summed E-state index contributed by atoms with van der Waals surface area (Å²) in [4.78, 5) is 47.1. The Hall–Kier alpha value is -3.26. The Bertz CT molecular complexity index is 1560. The molecule has 0 saturated carbocycles. The summed E-state index contributed by atoms with van der Waals surface area (Å²) in [6.45, 7) is 0. The molecule has 0 radical (unpaired) electrons. The van der Waals surface area contributed by atoms with Gasteiger partial charge in [-0.15, -0.1) is 0 Å². The molecule has 0 aliphatic carbocycles. The molecule has 0 aliphatic heterocycles. The van der Waals surface area contributed by atoms with Gasteiger partial charge in [0.2, 0.25) is 19.4 Å². The van der Waals surface area contributed by atoms with Crippen LogP contribution in [0.2, 0.25) is 0 Å². The van der Waals surface area contributed by atoms with E-state index < -0.39 is 42.1 Å². The maximum Gasteiger partial charge on any atom is 0.269 e. The summed E-state index contributed by atoms with van der Waals surface area (Å²) < 4.78 is -2.51. The van der Waals surface area contributed by atoms with E-state index in [0.717, 1.165) is 9.36 Å². The maximum absolute atomic E-state index is 13.2. The fourth-order valence-corrected chi connectivity index (χ4v) is 4.57. The van der Waals surface area contributed by atoms with Gasteiger partial charge in [-0.25, -0.2) is 0 Å². The van der Waals surface area contributed by atoms with Gasteiger partial charge in [0, 0.05) is 48.2 Å². The summed E-state index contributed by atoms with van der Waals surface area (Å²) in [6.07, 6.45) is -0.861. The van der Waals surface area contributed by atoms with Crippen LogP contribution in [0.1, 0.15) is 33.8 Å². The van der Waals surface area contributed by atoms with Gasteiger partial charge in [-0.05, 0) is 36.4 Å². The van der Waals surface area contributed by atoms with Gasteiger partial charge in [-0.2, -0.15) is 19.6 Å². The Balaban J connectivity index is 1.59. The molecule has 0 amide bonds. The first-order valence-corrected chi connectivity index (χ1v) is 13.7. The molecule has 218 valence electrons. The summed E-state index contributed by atoms with van der Waals surface area (Å²) in [7, 11) is 0. The molecular formula is C24H14Cl6N6O6. The summed E-state index contributed by atoms with van der Waals surface area (Å²) in [5, 5.41) is 30.3. The van der Waals surface area contributed by atoms with Gasteiger partial charge in [0.1, 0.15) is 0 Å². The maximum atomic E-state index is 13.2. The molecule has 0 atom stereocenters. The molecule has 4 aromatic rings. The predicted octanol–water partition coefficient (Wildman–Crippen LogP) is 7.64. The average molecular weight is 695 g/mol. The van der Waals surface area contributed by atoms with Crippen LogP contribution in [0.15, 0.2) is 60.7 Å². The van der Waals surface area contributed by atoms with Crippen molar-refractivity contribution in [1.29, 1.82) is 0 Å². The topological polar surface area (TPSA) is 156 Å². The van der Waals surface area contributed by atoms with Crippen molar-refractivity contribution in [2.45, 2.75) is 20.4 Å². The van der Waals surface area contributed by atoms with Gasteiger partial charge in [0.25, 0.3) is 11.4 Å². The molecule has 18 heteroatoms. The standard InChI is InChI=1S/C24H14Cl6N6O6/c25-23(26,27)19-11-17(13-1-5-15(6-2-13)35(39)40)31-33(19)21(37)9-10-22(38)34-20(24(28,29)30)12-18(32-34)14-3-7-16(8-4-14)36(41)42/h1-8,11-12H,9-10H2. The fraction of sp³-hybridized carbons (Fsp3) is 0.167. The van der Waals surface area contributed by atoms with Crippen LogP contribution in [0, 0.1) is 20.2 Å². The molecule has 0 fully saturated rings. The fourth-order valence-electron chi connectivity index (χ4n) is 3.76. The highest BCUT2D eigenvalue weighted by molar-refractivity contribution is 6.67. The zero-order chi connectivity index (χ0) is 31.0. The van der Waals surface area contributed by atoms with Crippen LogP contribution in [0.4, 0.5) is 11.4 Å². The molecule has 0 aliphatic rings. The normalized spacial score (nSPS) is 11.9. The molecule has 42 heavy (non-hydrogen) atoms. The van der Waals surface area contributed by atoms with Gasteiger partial charge in [0.05, 0.1) is 32.6 Å². The van der Waals surface area contributed by atoms with Gasteiger partial charge < -0.3 is 0 Å². The highest BCUT2D eigenvalue weighted by Gasteiger charge is 2.33. The molecule has 2 heterocycles. The van der Waals surface area contributed by atoms with E-state index in [1.54, 1.807) is 0 Å². The van der Waals surface area contributed by atoms with Crippen molar-refractivity contribution in [3.63, 3.8) is 0 Å². The monoisotopic (exact) mass is 692 g/mol. The summed E-state index contributed by atoms with van der Waals surface area (Å²) in [5.41, 5.74) is 0.619. The van der Waals surface area contributed by atoms with E-state index in [0.29, 0.717) is 11.1 Å². The number of carbonyl (C=O) groups excluding carboxylic acids is 2. The smallest absolute Gasteiger partial charge is 0.269 e. The van der Waals surface area contributed by atoms with Crippen molar-refractivity contribution in [3.8, 4) is 22.5 Å². The predicted molar refractivity (Wildman–Crippen MR) is 158 cm³/mol. The zero-order valence-electron chi connectivity index (χ0n) is 20.6. The minimum atomic E-state index is -2.09. The van der Waals surface area contributed by atoms with Crippen LogP contribution < -0.4 is 0 Å². The molecule has 0 spiro atoms. The third-order valence-corrected chi connectivity index (χ3v) is 6.93. The Kier molecular flexibility index (Phi) is 9.17. The first-order valence-electron chi connectivity index (χ1n) is 11.5. The van der Waals surface area contributed by atoms with Gasteiger partial charge in [0.15, 0.2) is 0 Å². The van der Waals surface area contributed by atoms with Crippen molar-refractivity contribution in [2.24, 2.45) is 0 Å². The van der Waals surface area contributed by atoms with E-state index in [9.17, 15) is 29.8 Å². The average Bonchev–Trinajstić information content (AvgIpc) is 3.58. The second-order valence-corrected chi connectivity index (χ2v) is 13.1. The van der Waals surface area contributed by atoms with Crippen molar-refractivity contribution < 1.29 is 19.4 Å². The van der Waals surface area contributed by atoms with Crippen LogP contribution in [0.3, 0.4) is 0 Å². The number of nitrogens with zero attached hydrogens (tertiary/aromatic N) is 6. The molecule has 0 N–H and O–H groups in total. The van der Waals surface area contributed by atoms with Crippen molar-refractivity contribution in [2.75, 3.05) is 0 Å². The van der Waals surface area contributed by atoms with Gasteiger partial charge in [-0.3, -0.25) is 29.8 Å². The Morgan fingerprint density at radius 3 is 1.21 bits per heavy atom. The van der Waals surface area contributed by atoms with Gasteiger partial charge in [-0.1, -0.05) is 69.6 Å². The van der Waals surface area contributed by atoms with Crippen molar-refractivity contribution in [3.05, 3.63) is 92.3 Å². The lowest BCUT2D eigenvalue weighted by Gasteiger charge is -2.14. The van der Waals surface area contributed by atoms with E-state index in [2.05, 4.69) is 10.2 Å². The SMILES string of the molecule is O=C(CCC(=O)n1nc(-c2ccc([N+](=O)[O-])cc2)cc1C(Cl)(Cl)Cl)n1nc(-c2ccc([N+](=O)[O-])cc2)cc1C(Cl)(Cl)Cl. The lowest BCUT2D eigenvalue weighted by atomic mass is 10.1. The number of nitro groups is 2. The number of alkyl halides is 6. The largest absolute Gasteiger partial charge is 0.273 e. The number of nitro benzene ring substituents is 2. The van der Waals surface area contributed by atoms with E-state index in [-0.39, 0.29) is 34.2 Å². The minimum absolute atomic E-state index is 0.125. The second kappa shape index (κ2) is 12.2. The lowest BCUT2D eigenvalue weighted by molar-refractivity contribution is -0.385. The third-order valence-electron chi connectivity index (χ3n) is 5.77. The molecule has 12 nitrogen and oxygen atoms in total. The van der Waals surface area contributed by atoms with E-state index in [1.807, 2.05) is 0 Å². The number of benzene rings is 2. The van der Waals surface area contributed by atoms with Crippen LogP contribution in [-0.2, 0) is 7.59 Å². The van der Waals surface area contributed by atoms with Gasteiger partial charge >= 0.3 is 0 Å². The Morgan fingerprint density at radius 1 is 0.643 bits per heavy atom. The first-order chi connectivity index (χ1) is 19.6. The Morgan fingerprint density at radius 2 is 0.952 bits per heavy atom. The van der Waals surface area contributed by atoms with E-state index in [4.69, 9.17) is 69.6 Å². The first kappa shape index (κ1) is 31.7. The number of hydrogen-bond donors (Lipinski definition) is 0. The summed E-state index contributed by atoms with van der Waals surface area (Å²) >= 11 is 36.4. The highest BCUT2D eigenvalue weighted by atomic mass is 35.6. The molecule has 4 rings (SSSR count). The summed E-state index contributed by atoms with van der Waals surface area (Å²) in [6, 6.07) is 13.3. The zero-order valence-corrected chi connectivity index (χ0v) is 25.1. The molecule has 0 unspecified atom stereocenters. The van der Waals surface area contributed by atoms with Crippen molar-refractivity contribution >= 4 is 92.8 Å². The quantitative estimate of drug-likeness (QED) is 0.109. The molecule has 2 aromatic carbocycles. The second-order valence-electron chi connectivity index (χ2n) is 8.54. The number of rotatable bonds is 7. The van der Waals surface area contributed by atoms with Crippen LogP contribution in [0.25, 0.3) is 22.5 Å². The summed E-state index contributed by atoms with van der Waals surface area (Å²) in [5.74, 6) is -1.45. The third kappa shape index (κ3) is 7.02. The number of non-ortho nitro benzene ring substituents is 2. The highest BCUT2D eigenvalue weighted by Crippen LogP contribution is 2.41. The number of carbonyl (C=O) groups is 2. The van der Waals surface area contributed by atoms with E-state index >= 15 is 0 Å². The van der Waals surface area contributed by atoms with E-state index in [1.165, 1.54) is 60.7 Å². The number of halogens is 6. The lowest BCUT2D eigenvalue weighted by Crippen LogP contribution is -2.23. The Labute approximate surface area is 265 Å². The molecule has 0 bridgehead atoms. The molecular weight excluding hydrogens is 681 g/mol. The molecule has 0 saturated heterocycles. The number of hydrogen-bond acceptors (Lipinski definition) is 8. The minimum Gasteiger partial charge on any atom is -0.273 e. The van der Waals surface area contributed by atoms with Crippen LogP contribution >= 0.6 is 69.6 Å². The molecule has 2 aromatic heterocycles. The van der Waals surface area contributed by atoms with Crippen LogP contribution in [0.5, 0.6) is 0 Å².